The molecule has 3 atom stereocenters. The van der Waals surface area contributed by atoms with Gasteiger partial charge in [-0.2, -0.15) is 0 Å². The first-order valence-corrected chi connectivity index (χ1v) is 11.6. The van der Waals surface area contributed by atoms with Crippen LogP contribution in [0, 0.1) is 5.92 Å². The minimum absolute atomic E-state index is 0.0148. The zero-order valence-corrected chi connectivity index (χ0v) is 18.5. The molecule has 0 saturated heterocycles. The molecule has 158 valence electrons. The Balaban J connectivity index is 1.40. The summed E-state index contributed by atoms with van der Waals surface area (Å²) in [4.78, 5) is 24.4. The summed E-state index contributed by atoms with van der Waals surface area (Å²) in [5.74, 6) is 3.06. The van der Waals surface area contributed by atoms with Crippen molar-refractivity contribution in [1.82, 2.24) is 9.97 Å². The van der Waals surface area contributed by atoms with Crippen molar-refractivity contribution in [2.24, 2.45) is 5.92 Å². The third-order valence-electron chi connectivity index (χ3n) is 6.42. The number of ether oxygens (including phenoxy) is 2. The summed E-state index contributed by atoms with van der Waals surface area (Å²) in [7, 11) is 2.13. The standard InChI is InChI=1S/C23H27N3O3S/c1-13-4-6-16-19(10-13)30-23-20(16)22(27)24-21(25-23)14(2)26(3)12-15-5-7-17-18(11-15)29-9-8-28-17/h5,7,11,13-14H,4,6,8-10,12H2,1-3H3,(H,24,25,27)/p+1/t13-,14+/m1/s1. The molecule has 1 unspecified atom stereocenters. The SMILES string of the molecule is C[C@@H]1CCc2c(sc3nc([C@H](C)[NH+](C)Cc4ccc5c(c4)OCCO5)[nH]c(=O)c23)C1. The molecule has 5 rings (SSSR count). The van der Waals surface area contributed by atoms with E-state index in [1.807, 2.05) is 6.07 Å². The molecule has 0 spiro atoms. The van der Waals surface area contributed by atoms with E-state index < -0.39 is 0 Å². The number of aromatic amines is 1. The van der Waals surface area contributed by atoms with Crippen LogP contribution in [0.3, 0.4) is 0 Å². The predicted molar refractivity (Wildman–Crippen MR) is 118 cm³/mol. The number of fused-ring (bicyclic) bond motifs is 4. The van der Waals surface area contributed by atoms with Crippen molar-refractivity contribution in [2.75, 3.05) is 20.3 Å². The van der Waals surface area contributed by atoms with E-state index in [0.29, 0.717) is 19.1 Å². The average molecular weight is 427 g/mol. The summed E-state index contributed by atoms with van der Waals surface area (Å²) in [6, 6.07) is 6.18. The molecule has 3 heterocycles. The second-order valence-corrected chi connectivity index (χ2v) is 9.79. The number of nitrogens with zero attached hydrogens (tertiary/aromatic N) is 1. The van der Waals surface area contributed by atoms with E-state index in [-0.39, 0.29) is 11.6 Å². The van der Waals surface area contributed by atoms with E-state index in [4.69, 9.17) is 14.5 Å². The van der Waals surface area contributed by atoms with Crippen LogP contribution in [0.1, 0.15) is 48.1 Å². The van der Waals surface area contributed by atoms with Crippen LogP contribution < -0.4 is 19.9 Å². The van der Waals surface area contributed by atoms with Crippen LogP contribution >= 0.6 is 11.3 Å². The number of aryl methyl sites for hydroxylation is 1. The lowest BCUT2D eigenvalue weighted by Crippen LogP contribution is -3.07. The van der Waals surface area contributed by atoms with Crippen molar-refractivity contribution in [3.63, 3.8) is 0 Å². The van der Waals surface area contributed by atoms with Crippen molar-refractivity contribution < 1.29 is 14.4 Å². The molecule has 0 fully saturated rings. The van der Waals surface area contributed by atoms with Gasteiger partial charge in [-0.05, 0) is 55.9 Å². The lowest BCUT2D eigenvalue weighted by atomic mass is 9.89. The molecular formula is C23H28N3O3S+. The molecule has 0 radical (unpaired) electrons. The van der Waals surface area contributed by atoms with E-state index in [9.17, 15) is 4.79 Å². The number of aromatic nitrogens is 2. The summed E-state index contributed by atoms with van der Waals surface area (Å²) in [6.45, 7) is 6.39. The van der Waals surface area contributed by atoms with Crippen LogP contribution in [-0.4, -0.2) is 30.2 Å². The lowest BCUT2D eigenvalue weighted by Gasteiger charge is -2.23. The smallest absolute Gasteiger partial charge is 0.260 e. The van der Waals surface area contributed by atoms with E-state index in [0.717, 1.165) is 53.3 Å². The Hall–Kier alpha value is -2.38. The molecule has 0 saturated carbocycles. The average Bonchev–Trinajstić information content (AvgIpc) is 3.10. The minimum atomic E-state index is 0.0148. The second-order valence-electron chi connectivity index (χ2n) is 8.71. The van der Waals surface area contributed by atoms with Crippen molar-refractivity contribution in [3.8, 4) is 11.5 Å². The number of thiophene rings is 1. The monoisotopic (exact) mass is 426 g/mol. The van der Waals surface area contributed by atoms with Crippen LogP contribution in [0.2, 0.25) is 0 Å². The molecule has 2 aromatic heterocycles. The van der Waals surface area contributed by atoms with Crippen LogP contribution in [0.5, 0.6) is 11.5 Å². The molecule has 7 heteroatoms. The van der Waals surface area contributed by atoms with Gasteiger partial charge in [-0.1, -0.05) is 6.92 Å². The maximum atomic E-state index is 12.9. The van der Waals surface area contributed by atoms with Crippen LogP contribution in [0.25, 0.3) is 10.2 Å². The quantitative estimate of drug-likeness (QED) is 0.673. The summed E-state index contributed by atoms with van der Waals surface area (Å²) in [5, 5.41) is 0.822. The molecule has 1 aliphatic carbocycles. The normalized spacial score (nSPS) is 20.0. The fraction of sp³-hybridized carbons (Fsp3) is 0.478. The van der Waals surface area contributed by atoms with Crippen LogP contribution in [-0.2, 0) is 19.4 Å². The Kier molecular flexibility index (Phi) is 5.03. The highest BCUT2D eigenvalue weighted by Gasteiger charge is 2.25. The van der Waals surface area contributed by atoms with Gasteiger partial charge in [0.15, 0.2) is 17.3 Å². The number of benzene rings is 1. The number of hydrogen-bond acceptors (Lipinski definition) is 5. The molecule has 0 amide bonds. The number of hydrogen-bond donors (Lipinski definition) is 2. The topological polar surface area (TPSA) is 68.7 Å². The predicted octanol–water partition coefficient (Wildman–Crippen LogP) is 2.66. The molecule has 6 nitrogen and oxygen atoms in total. The summed E-state index contributed by atoms with van der Waals surface area (Å²) < 4.78 is 11.3. The Morgan fingerprint density at radius 3 is 2.93 bits per heavy atom. The molecule has 2 aliphatic rings. The van der Waals surface area contributed by atoms with Gasteiger partial charge in [-0.25, -0.2) is 4.98 Å². The molecule has 1 aromatic carbocycles. The third-order valence-corrected chi connectivity index (χ3v) is 7.57. The highest BCUT2D eigenvalue weighted by molar-refractivity contribution is 7.18. The van der Waals surface area contributed by atoms with Gasteiger partial charge >= 0.3 is 0 Å². The lowest BCUT2D eigenvalue weighted by molar-refractivity contribution is -0.924. The Morgan fingerprint density at radius 2 is 2.10 bits per heavy atom. The van der Waals surface area contributed by atoms with Gasteiger partial charge in [0.1, 0.15) is 30.6 Å². The minimum Gasteiger partial charge on any atom is -0.486 e. The second kappa shape index (κ2) is 7.71. The van der Waals surface area contributed by atoms with Gasteiger partial charge in [0.05, 0.1) is 12.4 Å². The summed E-state index contributed by atoms with van der Waals surface area (Å²) in [5.41, 5.74) is 2.42. The van der Waals surface area contributed by atoms with Gasteiger partial charge in [0.2, 0.25) is 0 Å². The highest BCUT2D eigenvalue weighted by Crippen LogP contribution is 2.36. The van der Waals surface area contributed by atoms with E-state index >= 15 is 0 Å². The van der Waals surface area contributed by atoms with E-state index in [1.165, 1.54) is 20.9 Å². The van der Waals surface area contributed by atoms with Crippen molar-refractivity contribution in [3.05, 3.63) is 50.4 Å². The summed E-state index contributed by atoms with van der Waals surface area (Å²) in [6.07, 6.45) is 3.21. The molecule has 3 aromatic rings. The largest absolute Gasteiger partial charge is 0.486 e. The molecule has 1 aliphatic heterocycles. The number of rotatable bonds is 4. The van der Waals surface area contributed by atoms with Gasteiger partial charge < -0.3 is 19.4 Å². The first-order chi connectivity index (χ1) is 14.5. The zero-order chi connectivity index (χ0) is 20.8. The van der Waals surface area contributed by atoms with Crippen molar-refractivity contribution in [1.29, 1.82) is 0 Å². The molecule has 30 heavy (non-hydrogen) atoms. The first-order valence-electron chi connectivity index (χ1n) is 10.7. The molecule has 0 bridgehead atoms. The maximum absolute atomic E-state index is 12.9. The fourth-order valence-corrected chi connectivity index (χ4v) is 5.87. The zero-order valence-electron chi connectivity index (χ0n) is 17.7. The fourth-order valence-electron chi connectivity index (χ4n) is 4.48. The number of H-pyrrole nitrogens is 1. The van der Waals surface area contributed by atoms with E-state index in [1.54, 1.807) is 11.3 Å². The Morgan fingerprint density at radius 1 is 1.30 bits per heavy atom. The van der Waals surface area contributed by atoms with E-state index in [2.05, 4.69) is 38.0 Å². The van der Waals surface area contributed by atoms with Crippen LogP contribution in [0.15, 0.2) is 23.0 Å². The highest BCUT2D eigenvalue weighted by atomic mass is 32.1. The maximum Gasteiger partial charge on any atom is 0.260 e. The van der Waals surface area contributed by atoms with Crippen molar-refractivity contribution in [2.45, 2.75) is 45.7 Å². The van der Waals surface area contributed by atoms with Gasteiger partial charge in [-0.15, -0.1) is 11.3 Å². The van der Waals surface area contributed by atoms with Crippen LogP contribution in [0.4, 0.5) is 0 Å². The molecular weight excluding hydrogens is 398 g/mol. The number of nitrogens with one attached hydrogen (secondary N) is 2. The van der Waals surface area contributed by atoms with Gasteiger partial charge in [-0.3, -0.25) is 4.79 Å². The Labute approximate surface area is 179 Å². The molecule has 2 N–H and O–H groups in total. The van der Waals surface area contributed by atoms with Gasteiger partial charge in [0.25, 0.3) is 5.56 Å². The number of quaternary nitrogens is 1. The Bertz CT molecular complexity index is 1150. The van der Waals surface area contributed by atoms with Crippen molar-refractivity contribution >= 4 is 21.6 Å². The first kappa shape index (κ1) is 19.6. The summed E-state index contributed by atoms with van der Waals surface area (Å²) >= 11 is 1.71. The van der Waals surface area contributed by atoms with Gasteiger partial charge in [0, 0.05) is 10.4 Å². The third kappa shape index (κ3) is 3.50.